The molecular formula is C21H19ClFN3O. The molecule has 0 fully saturated rings. The number of rotatable bonds is 6. The second-order valence-corrected chi connectivity index (χ2v) is 6.56. The molecule has 4 nitrogen and oxygen atoms in total. The van der Waals surface area contributed by atoms with Crippen molar-refractivity contribution in [2.24, 2.45) is 0 Å². The minimum Gasteiger partial charge on any atom is -0.383 e. The summed E-state index contributed by atoms with van der Waals surface area (Å²) in [5.41, 5.74) is 3.32. The summed E-state index contributed by atoms with van der Waals surface area (Å²) in [6.45, 7) is 2.43. The first-order valence-electron chi connectivity index (χ1n) is 8.53. The molecule has 3 aromatic rings. The van der Waals surface area contributed by atoms with Gasteiger partial charge < -0.3 is 10.6 Å². The highest BCUT2D eigenvalue weighted by Gasteiger charge is 2.09. The van der Waals surface area contributed by atoms with Gasteiger partial charge in [0.2, 0.25) is 0 Å². The van der Waals surface area contributed by atoms with Crippen LogP contribution in [-0.2, 0) is 6.42 Å². The highest BCUT2D eigenvalue weighted by atomic mass is 35.5. The van der Waals surface area contributed by atoms with Gasteiger partial charge in [0.05, 0.1) is 11.3 Å². The summed E-state index contributed by atoms with van der Waals surface area (Å²) in [4.78, 5) is 16.5. The molecule has 0 unspecified atom stereocenters. The van der Waals surface area contributed by atoms with Gasteiger partial charge >= 0.3 is 0 Å². The molecule has 1 amide bonds. The molecule has 27 heavy (non-hydrogen) atoms. The lowest BCUT2D eigenvalue weighted by molar-refractivity contribution is 0.102. The molecule has 0 spiro atoms. The van der Waals surface area contributed by atoms with Crippen LogP contribution in [0, 0.1) is 12.7 Å². The Morgan fingerprint density at radius 2 is 1.93 bits per heavy atom. The maximum atomic E-state index is 13.6. The molecule has 2 N–H and O–H groups in total. The number of aromatic nitrogens is 1. The van der Waals surface area contributed by atoms with E-state index >= 15 is 0 Å². The first-order chi connectivity index (χ1) is 13.0. The smallest absolute Gasteiger partial charge is 0.257 e. The van der Waals surface area contributed by atoms with Crippen LogP contribution in [0.2, 0.25) is 5.02 Å². The molecule has 138 valence electrons. The molecule has 0 atom stereocenters. The molecule has 0 aliphatic heterocycles. The van der Waals surface area contributed by atoms with Crippen LogP contribution < -0.4 is 10.6 Å². The molecule has 0 radical (unpaired) electrons. The van der Waals surface area contributed by atoms with Gasteiger partial charge in [-0.1, -0.05) is 35.9 Å². The molecule has 0 aliphatic carbocycles. The lowest BCUT2D eigenvalue weighted by Crippen LogP contribution is -2.13. The quantitative estimate of drug-likeness (QED) is 0.623. The van der Waals surface area contributed by atoms with Crippen LogP contribution in [0.5, 0.6) is 0 Å². The Morgan fingerprint density at radius 3 is 2.70 bits per heavy atom. The fraction of sp³-hybridized carbons (Fsp3) is 0.143. The largest absolute Gasteiger partial charge is 0.383 e. The van der Waals surface area contributed by atoms with Crippen LogP contribution >= 0.6 is 11.6 Å². The fourth-order valence-electron chi connectivity index (χ4n) is 2.58. The number of pyridine rings is 1. The molecule has 1 aromatic heterocycles. The molecule has 6 heteroatoms. The number of carbonyl (C=O) groups is 1. The van der Waals surface area contributed by atoms with E-state index in [1.165, 1.54) is 12.3 Å². The average Bonchev–Trinajstić information content (AvgIpc) is 2.66. The standard InChI is InChI=1S/C21H19ClFN3O/c1-14-6-7-17(11-19(14)22)26-21(27)16-10-18(13-24-12-16)25-9-8-15-4-2-3-5-20(15)23/h2-7,10-13,25H,8-9H2,1H3,(H,26,27). The summed E-state index contributed by atoms with van der Waals surface area (Å²) in [6, 6.07) is 13.7. The number of nitrogens with zero attached hydrogens (tertiary/aromatic N) is 1. The van der Waals surface area contributed by atoms with E-state index < -0.39 is 0 Å². The minimum atomic E-state index is -0.278. The minimum absolute atomic E-state index is 0.220. The van der Waals surface area contributed by atoms with Gasteiger partial charge in [-0.25, -0.2) is 4.39 Å². The number of anilines is 2. The van der Waals surface area contributed by atoms with Gasteiger partial charge in [0.25, 0.3) is 5.91 Å². The van der Waals surface area contributed by atoms with Crippen molar-refractivity contribution in [2.45, 2.75) is 13.3 Å². The van der Waals surface area contributed by atoms with Crippen LogP contribution in [-0.4, -0.2) is 17.4 Å². The Morgan fingerprint density at radius 1 is 1.11 bits per heavy atom. The summed E-state index contributed by atoms with van der Waals surface area (Å²) < 4.78 is 13.6. The molecule has 0 saturated heterocycles. The van der Waals surface area contributed by atoms with Crippen molar-refractivity contribution in [3.05, 3.63) is 88.5 Å². The van der Waals surface area contributed by atoms with Crippen molar-refractivity contribution in [3.8, 4) is 0 Å². The lowest BCUT2D eigenvalue weighted by Gasteiger charge is -2.10. The predicted octanol–water partition coefficient (Wildman–Crippen LogP) is 5.09. The highest BCUT2D eigenvalue weighted by molar-refractivity contribution is 6.31. The third kappa shape index (κ3) is 5.05. The zero-order chi connectivity index (χ0) is 19.2. The number of carbonyl (C=O) groups excluding carboxylic acids is 1. The second kappa shape index (κ2) is 8.64. The maximum Gasteiger partial charge on any atom is 0.257 e. The van der Waals surface area contributed by atoms with Gasteiger partial charge in [-0.3, -0.25) is 9.78 Å². The Kier molecular flexibility index (Phi) is 6.04. The number of benzene rings is 2. The van der Waals surface area contributed by atoms with Crippen molar-refractivity contribution >= 4 is 28.9 Å². The number of hydrogen-bond acceptors (Lipinski definition) is 3. The van der Waals surface area contributed by atoms with Crippen LogP contribution in [0.4, 0.5) is 15.8 Å². The topological polar surface area (TPSA) is 54.0 Å². The Hall–Kier alpha value is -2.92. The second-order valence-electron chi connectivity index (χ2n) is 6.15. The van der Waals surface area contributed by atoms with E-state index in [0.717, 1.165) is 5.56 Å². The van der Waals surface area contributed by atoms with E-state index in [9.17, 15) is 9.18 Å². The van der Waals surface area contributed by atoms with Gasteiger partial charge in [-0.15, -0.1) is 0 Å². The molecule has 3 rings (SSSR count). The van der Waals surface area contributed by atoms with Gasteiger partial charge in [-0.2, -0.15) is 0 Å². The zero-order valence-electron chi connectivity index (χ0n) is 14.8. The molecule has 0 saturated carbocycles. The van der Waals surface area contributed by atoms with Gasteiger partial charge in [0, 0.05) is 29.6 Å². The van der Waals surface area contributed by atoms with Gasteiger partial charge in [-0.05, 0) is 48.7 Å². The molecular weight excluding hydrogens is 365 g/mol. The van der Waals surface area contributed by atoms with Crippen LogP contribution in [0.25, 0.3) is 0 Å². The first-order valence-corrected chi connectivity index (χ1v) is 8.90. The number of aryl methyl sites for hydroxylation is 1. The average molecular weight is 384 g/mol. The SMILES string of the molecule is Cc1ccc(NC(=O)c2cncc(NCCc3ccccc3F)c2)cc1Cl. The molecule has 2 aromatic carbocycles. The zero-order valence-corrected chi connectivity index (χ0v) is 15.6. The molecule has 0 aliphatic rings. The summed E-state index contributed by atoms with van der Waals surface area (Å²) in [6.07, 6.45) is 3.65. The Balaban J connectivity index is 1.61. The maximum absolute atomic E-state index is 13.6. The van der Waals surface area contributed by atoms with Crippen molar-refractivity contribution in [1.82, 2.24) is 4.98 Å². The lowest BCUT2D eigenvalue weighted by atomic mass is 10.1. The Bertz CT molecular complexity index is 962. The summed E-state index contributed by atoms with van der Waals surface area (Å²) in [5.74, 6) is -0.498. The highest BCUT2D eigenvalue weighted by Crippen LogP contribution is 2.20. The summed E-state index contributed by atoms with van der Waals surface area (Å²) >= 11 is 6.09. The van der Waals surface area contributed by atoms with Crippen molar-refractivity contribution in [3.63, 3.8) is 0 Å². The first kappa shape index (κ1) is 18.9. The molecule has 1 heterocycles. The number of nitrogens with one attached hydrogen (secondary N) is 2. The fourth-order valence-corrected chi connectivity index (χ4v) is 2.76. The van der Waals surface area contributed by atoms with E-state index in [2.05, 4.69) is 15.6 Å². The van der Waals surface area contributed by atoms with E-state index in [1.54, 1.807) is 36.5 Å². The van der Waals surface area contributed by atoms with E-state index in [0.29, 0.717) is 40.5 Å². The van der Waals surface area contributed by atoms with Crippen molar-refractivity contribution in [1.29, 1.82) is 0 Å². The molecule has 0 bridgehead atoms. The van der Waals surface area contributed by atoms with Crippen molar-refractivity contribution in [2.75, 3.05) is 17.2 Å². The van der Waals surface area contributed by atoms with Crippen LogP contribution in [0.15, 0.2) is 60.9 Å². The summed E-state index contributed by atoms with van der Waals surface area (Å²) in [7, 11) is 0. The van der Waals surface area contributed by atoms with Crippen LogP contribution in [0.3, 0.4) is 0 Å². The van der Waals surface area contributed by atoms with Crippen LogP contribution in [0.1, 0.15) is 21.5 Å². The normalized spacial score (nSPS) is 10.5. The van der Waals surface area contributed by atoms with E-state index in [4.69, 9.17) is 11.6 Å². The van der Waals surface area contributed by atoms with Gasteiger partial charge in [0.15, 0.2) is 0 Å². The van der Waals surface area contributed by atoms with E-state index in [-0.39, 0.29) is 11.7 Å². The van der Waals surface area contributed by atoms with Gasteiger partial charge in [0.1, 0.15) is 5.82 Å². The summed E-state index contributed by atoms with van der Waals surface area (Å²) in [5, 5.41) is 6.56. The number of halogens is 2. The predicted molar refractivity (Wildman–Crippen MR) is 107 cm³/mol. The number of hydrogen-bond donors (Lipinski definition) is 2. The van der Waals surface area contributed by atoms with E-state index in [1.807, 2.05) is 19.1 Å². The Labute approximate surface area is 162 Å². The number of amides is 1. The monoisotopic (exact) mass is 383 g/mol. The third-order valence-corrected chi connectivity index (χ3v) is 4.52. The van der Waals surface area contributed by atoms with Crippen molar-refractivity contribution < 1.29 is 9.18 Å². The third-order valence-electron chi connectivity index (χ3n) is 4.11.